The Balaban J connectivity index is 1.57. The van der Waals surface area contributed by atoms with Crippen LogP contribution in [0.4, 0.5) is 0 Å². The van der Waals surface area contributed by atoms with Crippen LogP contribution in [0.3, 0.4) is 0 Å². The highest BCUT2D eigenvalue weighted by molar-refractivity contribution is 8.00. The van der Waals surface area contributed by atoms with Crippen LogP contribution < -0.4 is 10.9 Å². The Bertz CT molecular complexity index is 2010. The van der Waals surface area contributed by atoms with Crippen LogP contribution in [0, 0.1) is 0 Å². The number of nitrogens with zero attached hydrogens (tertiary/aromatic N) is 1. The predicted octanol–water partition coefficient (Wildman–Crippen LogP) is 6.79. The highest BCUT2D eigenvalue weighted by Gasteiger charge is 2.41. The average molecular weight is 449 g/mol. The van der Waals surface area contributed by atoms with Gasteiger partial charge >= 0.3 is 6.85 Å². The molecule has 2 aliphatic heterocycles. The monoisotopic (exact) mass is 449 g/mol. The van der Waals surface area contributed by atoms with Crippen molar-refractivity contribution < 1.29 is 4.42 Å². The normalized spacial score (nSPS) is 13.7. The van der Waals surface area contributed by atoms with E-state index in [2.05, 4.69) is 102 Å². The van der Waals surface area contributed by atoms with Gasteiger partial charge in [-0.2, -0.15) is 0 Å². The van der Waals surface area contributed by atoms with Gasteiger partial charge in [0.15, 0.2) is 0 Å². The zero-order valence-electron chi connectivity index (χ0n) is 18.1. The fraction of sp³-hybridized carbons (Fsp3) is 0. The Morgan fingerprint density at radius 2 is 1.47 bits per heavy atom. The lowest BCUT2D eigenvalue weighted by atomic mass is 9.47. The summed E-state index contributed by atoms with van der Waals surface area (Å²) in [5.74, 6) is 0. The minimum Gasteiger partial charge on any atom is -0.456 e. The topological polar surface area (TPSA) is 18.1 Å². The van der Waals surface area contributed by atoms with Crippen LogP contribution in [-0.2, 0) is 0 Å². The van der Waals surface area contributed by atoms with Gasteiger partial charge in [-0.3, -0.25) is 0 Å². The van der Waals surface area contributed by atoms with E-state index < -0.39 is 0 Å². The quantitative estimate of drug-likeness (QED) is 0.237. The van der Waals surface area contributed by atoms with E-state index in [1.807, 2.05) is 11.8 Å². The van der Waals surface area contributed by atoms with Crippen molar-refractivity contribution in [3.05, 3.63) is 97.1 Å². The molecule has 0 bridgehead atoms. The number of fused-ring (bicyclic) bond motifs is 11. The zero-order chi connectivity index (χ0) is 22.0. The molecule has 0 radical (unpaired) electrons. The molecule has 0 aliphatic carbocycles. The van der Waals surface area contributed by atoms with E-state index in [0.29, 0.717) is 0 Å². The number of hydrogen-bond donors (Lipinski definition) is 0. The van der Waals surface area contributed by atoms with E-state index >= 15 is 0 Å². The lowest BCUT2D eigenvalue weighted by Gasteiger charge is -2.33. The summed E-state index contributed by atoms with van der Waals surface area (Å²) in [4.78, 5) is 2.66. The fourth-order valence-electron chi connectivity index (χ4n) is 6.34. The van der Waals surface area contributed by atoms with Crippen molar-refractivity contribution in [2.45, 2.75) is 9.79 Å². The Morgan fingerprint density at radius 3 is 2.44 bits per heavy atom. The van der Waals surface area contributed by atoms with Crippen molar-refractivity contribution in [3.63, 3.8) is 0 Å². The van der Waals surface area contributed by atoms with E-state index in [0.717, 1.165) is 11.2 Å². The molecule has 0 spiro atoms. The van der Waals surface area contributed by atoms with Crippen molar-refractivity contribution >= 4 is 73.3 Å². The van der Waals surface area contributed by atoms with Crippen LogP contribution in [0.25, 0.3) is 54.9 Å². The molecule has 0 atom stereocenters. The molecule has 7 aromatic rings. The molecular weight excluding hydrogens is 433 g/mol. The van der Waals surface area contributed by atoms with Gasteiger partial charge in [-0.25, -0.2) is 0 Å². The molecule has 2 nitrogen and oxygen atoms in total. The van der Waals surface area contributed by atoms with E-state index in [-0.39, 0.29) is 6.85 Å². The van der Waals surface area contributed by atoms with Crippen molar-refractivity contribution in [2.24, 2.45) is 0 Å². The minimum absolute atomic E-state index is 0.137. The molecule has 2 aliphatic rings. The molecule has 0 fully saturated rings. The van der Waals surface area contributed by atoms with Crippen LogP contribution in [0.1, 0.15) is 0 Å². The Hall–Kier alpha value is -3.89. The first-order valence-electron chi connectivity index (χ1n) is 11.7. The molecule has 0 amide bonds. The van der Waals surface area contributed by atoms with Gasteiger partial charge in [0, 0.05) is 47.9 Å². The molecule has 4 heteroatoms. The van der Waals surface area contributed by atoms with Crippen molar-refractivity contribution in [2.75, 3.05) is 0 Å². The van der Waals surface area contributed by atoms with Gasteiger partial charge in [0.05, 0.1) is 0 Å². The van der Waals surface area contributed by atoms with Gasteiger partial charge in [0.1, 0.15) is 11.2 Å². The minimum atomic E-state index is 0.137. The number of aromatic nitrogens is 1. The highest BCUT2D eigenvalue weighted by Crippen LogP contribution is 2.47. The molecular formula is C30H16BNOS. The summed E-state index contributed by atoms with van der Waals surface area (Å²) in [6.07, 6.45) is 0. The number of hydrogen-bond acceptors (Lipinski definition) is 2. The second-order valence-electron chi connectivity index (χ2n) is 9.27. The lowest BCUT2D eigenvalue weighted by Crippen LogP contribution is -2.54. The first kappa shape index (κ1) is 17.6. The third-order valence-corrected chi connectivity index (χ3v) is 8.86. The maximum absolute atomic E-state index is 6.43. The molecule has 0 N–H and O–H groups in total. The predicted molar refractivity (Wildman–Crippen MR) is 143 cm³/mol. The van der Waals surface area contributed by atoms with Crippen LogP contribution in [0.2, 0.25) is 0 Å². The van der Waals surface area contributed by atoms with Gasteiger partial charge in [-0.1, -0.05) is 84.6 Å². The average Bonchev–Trinajstić information content (AvgIpc) is 3.43. The second kappa shape index (κ2) is 5.96. The van der Waals surface area contributed by atoms with Crippen LogP contribution in [0.5, 0.6) is 0 Å². The second-order valence-corrected chi connectivity index (χ2v) is 10.3. The smallest absolute Gasteiger partial charge is 0.331 e. The van der Waals surface area contributed by atoms with Crippen molar-refractivity contribution in [1.82, 2.24) is 4.48 Å². The molecule has 34 heavy (non-hydrogen) atoms. The van der Waals surface area contributed by atoms with Crippen molar-refractivity contribution in [1.29, 1.82) is 0 Å². The third kappa shape index (κ3) is 1.94. The molecule has 0 unspecified atom stereocenters. The Kier molecular flexibility index (Phi) is 3.08. The third-order valence-electron chi connectivity index (χ3n) is 7.64. The first-order valence-corrected chi connectivity index (χ1v) is 12.5. The van der Waals surface area contributed by atoms with E-state index in [1.165, 1.54) is 64.4 Å². The zero-order valence-corrected chi connectivity index (χ0v) is 18.9. The van der Waals surface area contributed by atoms with Gasteiger partial charge in [0.25, 0.3) is 0 Å². The Morgan fingerprint density at radius 1 is 0.676 bits per heavy atom. The fourth-order valence-corrected chi connectivity index (χ4v) is 7.65. The lowest BCUT2D eigenvalue weighted by molar-refractivity contribution is 0.669. The van der Waals surface area contributed by atoms with Gasteiger partial charge in [-0.05, 0) is 40.8 Å². The van der Waals surface area contributed by atoms with Crippen LogP contribution in [-0.4, -0.2) is 11.3 Å². The maximum Gasteiger partial charge on any atom is 0.331 e. The number of para-hydroxylation sites is 3. The molecule has 9 rings (SSSR count). The Labute approximate surface area is 199 Å². The number of benzene rings is 5. The molecule has 4 heterocycles. The van der Waals surface area contributed by atoms with E-state index in [4.69, 9.17) is 4.42 Å². The van der Waals surface area contributed by atoms with Crippen LogP contribution in [0.15, 0.2) is 111 Å². The van der Waals surface area contributed by atoms with Gasteiger partial charge < -0.3 is 8.90 Å². The van der Waals surface area contributed by atoms with Crippen molar-refractivity contribution in [3.8, 4) is 11.1 Å². The highest BCUT2D eigenvalue weighted by atomic mass is 32.2. The molecule has 0 saturated carbocycles. The van der Waals surface area contributed by atoms with Gasteiger partial charge in [0.2, 0.25) is 0 Å². The first-order chi connectivity index (χ1) is 16.9. The maximum atomic E-state index is 6.43. The standard InChI is InChI=1S/C30H16BNOS/c1-4-13-23-17(8-1)18-10-7-11-19-21-16-25-27(20-9-2-5-14-24(20)33-25)30-28(21)31(32(23)29(18)19)22-12-3-6-15-26(22)34-30/h1-16H. The summed E-state index contributed by atoms with van der Waals surface area (Å²) in [6, 6.07) is 35.3. The van der Waals surface area contributed by atoms with Gasteiger partial charge in [-0.15, -0.1) is 0 Å². The number of rotatable bonds is 0. The molecule has 2 aromatic heterocycles. The number of furan rings is 1. The summed E-state index contributed by atoms with van der Waals surface area (Å²) >= 11 is 1.90. The summed E-state index contributed by atoms with van der Waals surface area (Å²) in [5, 5.41) is 5.08. The summed E-state index contributed by atoms with van der Waals surface area (Å²) < 4.78 is 9.03. The van der Waals surface area contributed by atoms with E-state index in [9.17, 15) is 0 Å². The summed E-state index contributed by atoms with van der Waals surface area (Å²) in [6.45, 7) is 0.137. The molecule has 5 aromatic carbocycles. The van der Waals surface area contributed by atoms with E-state index in [1.54, 1.807) is 0 Å². The largest absolute Gasteiger partial charge is 0.456 e. The molecule has 156 valence electrons. The summed E-state index contributed by atoms with van der Waals surface area (Å²) in [7, 11) is 0. The summed E-state index contributed by atoms with van der Waals surface area (Å²) in [5.41, 5.74) is 9.93. The SMILES string of the molecule is c1ccc2c(c1)Sc1c3c(cc4oc5ccccc5c14)-c1cccc4c5ccccc5n(c14)B23. The van der Waals surface area contributed by atoms with Crippen LogP contribution >= 0.6 is 11.8 Å². The molecule has 0 saturated heterocycles.